The molecule has 0 aliphatic rings. The lowest BCUT2D eigenvalue weighted by molar-refractivity contribution is 0.296. The molecule has 104 valence electrons. The van der Waals surface area contributed by atoms with E-state index in [9.17, 15) is 0 Å². The van der Waals surface area contributed by atoms with Crippen LogP contribution in [0.1, 0.15) is 92.4 Å². The Morgan fingerprint density at radius 1 is 0.706 bits per heavy atom. The van der Waals surface area contributed by atoms with Crippen LogP contribution in [0, 0.1) is 17.8 Å². The van der Waals surface area contributed by atoms with E-state index in [1.165, 1.54) is 57.8 Å². The Morgan fingerprint density at radius 3 is 1.88 bits per heavy atom. The molecule has 17 heavy (non-hydrogen) atoms. The zero-order valence-electron chi connectivity index (χ0n) is 13.1. The molecule has 0 bridgehead atoms. The summed E-state index contributed by atoms with van der Waals surface area (Å²) in [6.45, 7) is 11.8. The van der Waals surface area contributed by atoms with Gasteiger partial charge in [-0.1, -0.05) is 79.6 Å². The summed E-state index contributed by atoms with van der Waals surface area (Å²) in [5, 5.41) is 0. The highest BCUT2D eigenvalue weighted by Gasteiger charge is 2.14. The summed E-state index contributed by atoms with van der Waals surface area (Å²) < 4.78 is 0. The van der Waals surface area contributed by atoms with Crippen LogP contribution >= 0.6 is 0 Å². The first kappa shape index (κ1) is 17.0. The molecule has 0 aliphatic heterocycles. The normalized spacial score (nSPS) is 15.2. The average molecular weight is 240 g/mol. The van der Waals surface area contributed by atoms with Crippen LogP contribution in [0.5, 0.6) is 0 Å². The molecule has 0 saturated carbocycles. The van der Waals surface area contributed by atoms with Gasteiger partial charge in [0.05, 0.1) is 0 Å². The fourth-order valence-electron chi connectivity index (χ4n) is 2.92. The number of rotatable bonds is 11. The third kappa shape index (κ3) is 10.9. The highest BCUT2D eigenvalue weighted by molar-refractivity contribution is 4.66. The fourth-order valence-corrected chi connectivity index (χ4v) is 2.92. The zero-order chi connectivity index (χ0) is 13.1. The summed E-state index contributed by atoms with van der Waals surface area (Å²) in [5.74, 6) is 2.81. The van der Waals surface area contributed by atoms with E-state index in [1.54, 1.807) is 0 Å². The molecule has 0 saturated heterocycles. The molecular formula is C17H36. The maximum atomic E-state index is 2.46. The van der Waals surface area contributed by atoms with Crippen LogP contribution in [0.4, 0.5) is 0 Å². The van der Waals surface area contributed by atoms with Crippen molar-refractivity contribution in [1.29, 1.82) is 0 Å². The Morgan fingerprint density at radius 2 is 1.35 bits per heavy atom. The number of hydrogen-bond acceptors (Lipinski definition) is 0. The van der Waals surface area contributed by atoms with Gasteiger partial charge in [-0.25, -0.2) is 0 Å². The molecule has 0 heterocycles. The minimum Gasteiger partial charge on any atom is -0.0654 e. The number of unbranched alkanes of at least 4 members (excludes halogenated alkanes) is 3. The van der Waals surface area contributed by atoms with Gasteiger partial charge >= 0.3 is 0 Å². The van der Waals surface area contributed by atoms with Crippen molar-refractivity contribution in [1.82, 2.24) is 0 Å². The molecule has 2 atom stereocenters. The molecule has 0 aromatic heterocycles. The molecule has 0 radical (unpaired) electrons. The Bertz CT molecular complexity index is 148. The molecule has 0 nitrogen and oxygen atoms in total. The lowest BCUT2D eigenvalue weighted by atomic mass is 9.83. The van der Waals surface area contributed by atoms with E-state index >= 15 is 0 Å². The quantitative estimate of drug-likeness (QED) is 0.364. The van der Waals surface area contributed by atoms with Gasteiger partial charge in [0, 0.05) is 0 Å². The lowest BCUT2D eigenvalue weighted by Crippen LogP contribution is -2.10. The standard InChI is InChI=1S/C17H36/c1-6-8-10-12-17(13-15(3)4)14-16(5)11-9-7-2/h15-17H,6-14H2,1-5H3. The molecule has 0 aliphatic carbocycles. The number of hydrogen-bond donors (Lipinski definition) is 0. The monoisotopic (exact) mass is 240 g/mol. The van der Waals surface area contributed by atoms with Crippen LogP contribution in [0.2, 0.25) is 0 Å². The van der Waals surface area contributed by atoms with E-state index in [1.807, 2.05) is 0 Å². The first-order chi connectivity index (χ1) is 8.10. The van der Waals surface area contributed by atoms with E-state index in [0.717, 1.165) is 17.8 Å². The predicted molar refractivity (Wildman–Crippen MR) is 80.4 cm³/mol. The van der Waals surface area contributed by atoms with Gasteiger partial charge in [-0.15, -0.1) is 0 Å². The van der Waals surface area contributed by atoms with Crippen LogP contribution in [-0.2, 0) is 0 Å². The van der Waals surface area contributed by atoms with Crippen molar-refractivity contribution in [3.05, 3.63) is 0 Å². The van der Waals surface area contributed by atoms with E-state index in [0.29, 0.717) is 0 Å². The van der Waals surface area contributed by atoms with E-state index in [2.05, 4.69) is 34.6 Å². The van der Waals surface area contributed by atoms with Gasteiger partial charge in [0.2, 0.25) is 0 Å². The predicted octanol–water partition coefficient (Wildman–Crippen LogP) is 6.45. The first-order valence-corrected chi connectivity index (χ1v) is 8.10. The van der Waals surface area contributed by atoms with Crippen molar-refractivity contribution in [3.63, 3.8) is 0 Å². The summed E-state index contributed by atoms with van der Waals surface area (Å²) in [6.07, 6.45) is 12.9. The highest BCUT2D eigenvalue weighted by Crippen LogP contribution is 2.27. The second kappa shape index (κ2) is 11.1. The minimum atomic E-state index is 0.875. The SMILES string of the molecule is CCCCCC(CC(C)C)CC(C)CCCC. The molecule has 0 N–H and O–H groups in total. The maximum absolute atomic E-state index is 2.46. The van der Waals surface area contributed by atoms with Crippen LogP contribution in [-0.4, -0.2) is 0 Å². The van der Waals surface area contributed by atoms with Crippen LogP contribution in [0.3, 0.4) is 0 Å². The van der Waals surface area contributed by atoms with E-state index in [4.69, 9.17) is 0 Å². The van der Waals surface area contributed by atoms with Gasteiger partial charge in [0.1, 0.15) is 0 Å². The zero-order valence-corrected chi connectivity index (χ0v) is 13.1. The first-order valence-electron chi connectivity index (χ1n) is 8.10. The molecule has 0 aromatic carbocycles. The molecular weight excluding hydrogens is 204 g/mol. The van der Waals surface area contributed by atoms with Crippen molar-refractivity contribution < 1.29 is 0 Å². The summed E-state index contributed by atoms with van der Waals surface area (Å²) in [7, 11) is 0. The lowest BCUT2D eigenvalue weighted by Gasteiger charge is -2.22. The summed E-state index contributed by atoms with van der Waals surface area (Å²) in [4.78, 5) is 0. The summed E-state index contributed by atoms with van der Waals surface area (Å²) in [6, 6.07) is 0. The molecule has 0 amide bonds. The molecule has 2 unspecified atom stereocenters. The van der Waals surface area contributed by atoms with Crippen LogP contribution in [0.15, 0.2) is 0 Å². The van der Waals surface area contributed by atoms with Gasteiger partial charge in [-0.2, -0.15) is 0 Å². The maximum Gasteiger partial charge on any atom is -0.0409 e. The van der Waals surface area contributed by atoms with Crippen LogP contribution < -0.4 is 0 Å². The van der Waals surface area contributed by atoms with Gasteiger partial charge in [-0.3, -0.25) is 0 Å². The van der Waals surface area contributed by atoms with Gasteiger partial charge in [-0.05, 0) is 30.6 Å². The van der Waals surface area contributed by atoms with Gasteiger partial charge in [0.15, 0.2) is 0 Å². The third-order valence-electron chi connectivity index (χ3n) is 3.81. The average Bonchev–Trinajstić information content (AvgIpc) is 2.25. The minimum absolute atomic E-state index is 0.875. The Kier molecular flexibility index (Phi) is 11.1. The summed E-state index contributed by atoms with van der Waals surface area (Å²) >= 11 is 0. The summed E-state index contributed by atoms with van der Waals surface area (Å²) in [5.41, 5.74) is 0. The smallest absolute Gasteiger partial charge is 0.0409 e. The van der Waals surface area contributed by atoms with E-state index in [-0.39, 0.29) is 0 Å². The van der Waals surface area contributed by atoms with Gasteiger partial charge in [0.25, 0.3) is 0 Å². The molecule has 0 spiro atoms. The molecule has 0 fully saturated rings. The third-order valence-corrected chi connectivity index (χ3v) is 3.81. The van der Waals surface area contributed by atoms with Crippen molar-refractivity contribution >= 4 is 0 Å². The van der Waals surface area contributed by atoms with E-state index < -0.39 is 0 Å². The highest BCUT2D eigenvalue weighted by atomic mass is 14.2. The largest absolute Gasteiger partial charge is 0.0654 e. The Labute approximate surface area is 111 Å². The Hall–Kier alpha value is 0. The second-order valence-electron chi connectivity index (χ2n) is 6.47. The van der Waals surface area contributed by atoms with Crippen molar-refractivity contribution in [2.45, 2.75) is 92.4 Å². The fraction of sp³-hybridized carbons (Fsp3) is 1.00. The van der Waals surface area contributed by atoms with Gasteiger partial charge < -0.3 is 0 Å². The molecule has 0 aromatic rings. The second-order valence-corrected chi connectivity index (χ2v) is 6.47. The molecule has 0 heteroatoms. The molecule has 0 rings (SSSR count). The Balaban J connectivity index is 3.90. The van der Waals surface area contributed by atoms with Crippen molar-refractivity contribution in [2.24, 2.45) is 17.8 Å². The van der Waals surface area contributed by atoms with Crippen LogP contribution in [0.25, 0.3) is 0 Å². The van der Waals surface area contributed by atoms with Crippen molar-refractivity contribution in [3.8, 4) is 0 Å². The topological polar surface area (TPSA) is 0 Å². The van der Waals surface area contributed by atoms with Crippen molar-refractivity contribution in [2.75, 3.05) is 0 Å².